The van der Waals surface area contributed by atoms with Crippen molar-refractivity contribution in [1.82, 2.24) is 5.43 Å². The first-order chi connectivity index (χ1) is 14.8. The Labute approximate surface area is 176 Å². The van der Waals surface area contributed by atoms with Gasteiger partial charge in [-0.25, -0.2) is 5.43 Å². The Morgan fingerprint density at radius 1 is 0.633 bits per heavy atom. The Hall–Kier alpha value is -4.18. The van der Waals surface area contributed by atoms with Gasteiger partial charge in [-0.2, -0.15) is 5.10 Å². The molecule has 0 bridgehead atoms. The fraction of sp³-hybridized carbons (Fsp3) is 0. The van der Waals surface area contributed by atoms with Crippen molar-refractivity contribution >= 4 is 29.2 Å². The smallest absolute Gasteiger partial charge is 0.271 e. The summed E-state index contributed by atoms with van der Waals surface area (Å²) in [6.07, 6.45) is 1.64. The van der Waals surface area contributed by atoms with Crippen LogP contribution in [-0.2, 0) is 0 Å². The van der Waals surface area contributed by atoms with Crippen LogP contribution < -0.4 is 10.3 Å². The number of rotatable bonds is 6. The Morgan fingerprint density at radius 3 is 1.63 bits per heavy atom. The average Bonchev–Trinajstić information content (AvgIpc) is 2.82. The number of nitrogens with zero attached hydrogens (tertiary/aromatic N) is 2. The van der Waals surface area contributed by atoms with Crippen LogP contribution in [0.15, 0.2) is 120 Å². The van der Waals surface area contributed by atoms with Crippen molar-refractivity contribution in [1.29, 1.82) is 0 Å². The van der Waals surface area contributed by atoms with Gasteiger partial charge in [-0.1, -0.05) is 66.7 Å². The molecule has 0 saturated carbocycles. The van der Waals surface area contributed by atoms with Crippen molar-refractivity contribution in [3.05, 3.63) is 126 Å². The van der Waals surface area contributed by atoms with Gasteiger partial charge in [0.05, 0.1) is 6.21 Å². The molecule has 1 N–H and O–H groups in total. The summed E-state index contributed by atoms with van der Waals surface area (Å²) in [6, 6.07) is 37.5. The lowest BCUT2D eigenvalue weighted by atomic mass is 10.1. The molecule has 4 aromatic carbocycles. The van der Waals surface area contributed by atoms with Crippen LogP contribution in [0.1, 0.15) is 15.9 Å². The Balaban J connectivity index is 1.52. The molecule has 146 valence electrons. The van der Waals surface area contributed by atoms with E-state index in [0.29, 0.717) is 5.56 Å². The fourth-order valence-electron chi connectivity index (χ4n) is 3.13. The summed E-state index contributed by atoms with van der Waals surface area (Å²) in [5.41, 5.74) is 7.24. The number of carbonyl (C=O) groups excluding carboxylic acids is 1. The Kier molecular flexibility index (Phi) is 5.97. The minimum atomic E-state index is -0.234. The highest BCUT2D eigenvalue weighted by molar-refractivity contribution is 5.94. The van der Waals surface area contributed by atoms with Crippen molar-refractivity contribution in [3.63, 3.8) is 0 Å². The summed E-state index contributed by atoms with van der Waals surface area (Å²) >= 11 is 0. The molecule has 30 heavy (non-hydrogen) atoms. The SMILES string of the molecule is O=C(N/N=C/c1ccc(N(c2ccccc2)c2ccccc2)cc1)c1ccccc1. The van der Waals surface area contributed by atoms with E-state index in [1.165, 1.54) is 0 Å². The van der Waals surface area contributed by atoms with Gasteiger partial charge in [0.2, 0.25) is 0 Å². The molecule has 0 saturated heterocycles. The van der Waals surface area contributed by atoms with Crippen molar-refractivity contribution in [2.24, 2.45) is 5.10 Å². The molecular weight excluding hydrogens is 370 g/mol. The standard InChI is InChI=1S/C26H21N3O/c30-26(22-10-4-1-5-11-22)28-27-20-21-16-18-25(19-17-21)29(23-12-6-2-7-13-23)24-14-8-3-9-15-24/h1-20H,(H,28,30)/b27-20+. The molecular formula is C26H21N3O. The average molecular weight is 391 g/mol. The van der Waals surface area contributed by atoms with Crippen molar-refractivity contribution in [2.45, 2.75) is 0 Å². The van der Waals surface area contributed by atoms with E-state index in [-0.39, 0.29) is 5.91 Å². The number of nitrogens with one attached hydrogen (secondary N) is 1. The largest absolute Gasteiger partial charge is 0.311 e. The van der Waals surface area contributed by atoms with Crippen LogP contribution in [0.25, 0.3) is 0 Å². The van der Waals surface area contributed by atoms with E-state index in [0.717, 1.165) is 22.6 Å². The maximum atomic E-state index is 12.1. The third kappa shape index (κ3) is 4.62. The van der Waals surface area contributed by atoms with Gasteiger partial charge in [0.1, 0.15) is 0 Å². The second kappa shape index (κ2) is 9.34. The number of hydrazone groups is 1. The van der Waals surface area contributed by atoms with E-state index in [9.17, 15) is 4.79 Å². The maximum absolute atomic E-state index is 12.1. The lowest BCUT2D eigenvalue weighted by Crippen LogP contribution is -2.17. The minimum absolute atomic E-state index is 0.234. The molecule has 4 heteroatoms. The van der Waals surface area contributed by atoms with Crippen molar-refractivity contribution in [3.8, 4) is 0 Å². The Bertz CT molecular complexity index is 1070. The predicted octanol–water partition coefficient (Wildman–Crippen LogP) is 5.92. The van der Waals surface area contributed by atoms with E-state index in [2.05, 4.69) is 39.7 Å². The minimum Gasteiger partial charge on any atom is -0.311 e. The lowest BCUT2D eigenvalue weighted by Gasteiger charge is -2.25. The third-order valence-corrected chi connectivity index (χ3v) is 4.60. The van der Waals surface area contributed by atoms with E-state index in [1.54, 1.807) is 18.3 Å². The molecule has 0 aliphatic carbocycles. The molecule has 0 aliphatic heterocycles. The topological polar surface area (TPSA) is 44.7 Å². The number of para-hydroxylation sites is 2. The summed E-state index contributed by atoms with van der Waals surface area (Å²) < 4.78 is 0. The number of benzene rings is 4. The molecule has 4 rings (SSSR count). The summed E-state index contributed by atoms with van der Waals surface area (Å²) in [5, 5.41) is 4.07. The Morgan fingerprint density at radius 2 is 1.10 bits per heavy atom. The molecule has 0 radical (unpaired) electrons. The molecule has 0 fully saturated rings. The maximum Gasteiger partial charge on any atom is 0.271 e. The number of hydrogen-bond donors (Lipinski definition) is 1. The van der Waals surface area contributed by atoms with Gasteiger partial charge in [0.15, 0.2) is 0 Å². The van der Waals surface area contributed by atoms with Gasteiger partial charge in [0, 0.05) is 22.6 Å². The van der Waals surface area contributed by atoms with Gasteiger partial charge in [-0.3, -0.25) is 4.79 Å². The van der Waals surface area contributed by atoms with E-state index >= 15 is 0 Å². The number of carbonyl (C=O) groups is 1. The fourth-order valence-corrected chi connectivity index (χ4v) is 3.13. The van der Waals surface area contributed by atoms with Crippen LogP contribution in [0.3, 0.4) is 0 Å². The molecule has 4 aromatic rings. The first-order valence-corrected chi connectivity index (χ1v) is 9.70. The highest BCUT2D eigenvalue weighted by Gasteiger charge is 2.11. The lowest BCUT2D eigenvalue weighted by molar-refractivity contribution is 0.0955. The molecule has 0 aliphatic rings. The van der Waals surface area contributed by atoms with E-state index < -0.39 is 0 Å². The third-order valence-electron chi connectivity index (χ3n) is 4.60. The molecule has 4 nitrogen and oxygen atoms in total. The van der Waals surface area contributed by atoms with Crippen LogP contribution >= 0.6 is 0 Å². The van der Waals surface area contributed by atoms with Crippen LogP contribution in [0.2, 0.25) is 0 Å². The van der Waals surface area contributed by atoms with Crippen LogP contribution in [0.5, 0.6) is 0 Å². The molecule has 0 atom stereocenters. The van der Waals surface area contributed by atoms with E-state index in [4.69, 9.17) is 0 Å². The summed E-state index contributed by atoms with van der Waals surface area (Å²) in [7, 11) is 0. The molecule has 0 heterocycles. The summed E-state index contributed by atoms with van der Waals surface area (Å²) in [4.78, 5) is 14.3. The van der Waals surface area contributed by atoms with Gasteiger partial charge >= 0.3 is 0 Å². The first-order valence-electron chi connectivity index (χ1n) is 9.70. The van der Waals surface area contributed by atoms with Crippen LogP contribution in [0.4, 0.5) is 17.1 Å². The summed E-state index contributed by atoms with van der Waals surface area (Å²) in [5.74, 6) is -0.234. The monoisotopic (exact) mass is 391 g/mol. The number of amides is 1. The first kappa shape index (κ1) is 19.2. The quantitative estimate of drug-likeness (QED) is 0.327. The normalized spacial score (nSPS) is 10.7. The molecule has 0 spiro atoms. The zero-order chi connectivity index (χ0) is 20.6. The highest BCUT2D eigenvalue weighted by Crippen LogP contribution is 2.33. The second-order valence-electron chi connectivity index (χ2n) is 6.66. The zero-order valence-electron chi connectivity index (χ0n) is 16.3. The summed E-state index contributed by atoms with van der Waals surface area (Å²) in [6.45, 7) is 0. The number of hydrogen-bond acceptors (Lipinski definition) is 3. The van der Waals surface area contributed by atoms with Gasteiger partial charge in [-0.15, -0.1) is 0 Å². The molecule has 1 amide bonds. The molecule has 0 unspecified atom stereocenters. The highest BCUT2D eigenvalue weighted by atomic mass is 16.2. The van der Waals surface area contributed by atoms with Crippen molar-refractivity contribution in [2.75, 3.05) is 4.90 Å². The predicted molar refractivity (Wildman–Crippen MR) is 123 cm³/mol. The van der Waals surface area contributed by atoms with Crippen LogP contribution in [-0.4, -0.2) is 12.1 Å². The van der Waals surface area contributed by atoms with Gasteiger partial charge in [0.25, 0.3) is 5.91 Å². The van der Waals surface area contributed by atoms with Gasteiger partial charge < -0.3 is 4.90 Å². The van der Waals surface area contributed by atoms with E-state index in [1.807, 2.05) is 78.9 Å². The second-order valence-corrected chi connectivity index (χ2v) is 6.66. The zero-order valence-corrected chi connectivity index (χ0v) is 16.3. The molecule has 0 aromatic heterocycles. The van der Waals surface area contributed by atoms with Crippen LogP contribution in [0, 0.1) is 0 Å². The number of anilines is 3. The van der Waals surface area contributed by atoms with Crippen molar-refractivity contribution < 1.29 is 4.79 Å². The van der Waals surface area contributed by atoms with Gasteiger partial charge in [-0.05, 0) is 54.1 Å².